The Morgan fingerprint density at radius 1 is 1.04 bits per heavy atom. The number of sulfonamides is 1. The third-order valence-corrected chi connectivity index (χ3v) is 8.26. The highest BCUT2D eigenvalue weighted by Gasteiger charge is 2.31. The van der Waals surface area contributed by atoms with E-state index in [0.717, 1.165) is 21.4 Å². The van der Waals surface area contributed by atoms with Gasteiger partial charge in [-0.25, -0.2) is 8.42 Å². The van der Waals surface area contributed by atoms with Gasteiger partial charge >= 0.3 is 0 Å². The maximum atomic E-state index is 12.6. The number of carbonyl (C=O) groups is 1. The molecule has 1 aliphatic rings. The fourth-order valence-corrected chi connectivity index (χ4v) is 6.10. The number of quaternary nitrogens is 1. The molecule has 1 aromatic heterocycles. The van der Waals surface area contributed by atoms with Crippen LogP contribution in [0.2, 0.25) is 0 Å². The smallest absolute Gasteiger partial charge is 0.279 e. The second-order valence-electron chi connectivity index (χ2n) is 6.84. The van der Waals surface area contributed by atoms with Gasteiger partial charge in [-0.2, -0.15) is 4.31 Å². The second-order valence-corrected chi connectivity index (χ2v) is 9.95. The van der Waals surface area contributed by atoms with Gasteiger partial charge in [-0.15, -0.1) is 11.3 Å². The zero-order valence-corrected chi connectivity index (χ0v) is 16.9. The predicted molar refractivity (Wildman–Crippen MR) is 111 cm³/mol. The number of thiophene rings is 1. The van der Waals surface area contributed by atoms with Crippen molar-refractivity contribution in [2.45, 2.75) is 4.21 Å². The van der Waals surface area contributed by atoms with Crippen LogP contribution in [0.4, 0.5) is 5.69 Å². The molecule has 1 aliphatic heterocycles. The summed E-state index contributed by atoms with van der Waals surface area (Å²) < 4.78 is 27.1. The first-order chi connectivity index (χ1) is 13.5. The molecule has 0 unspecified atom stereocenters. The van der Waals surface area contributed by atoms with E-state index in [1.807, 2.05) is 42.5 Å². The Balaban J connectivity index is 1.35. The summed E-state index contributed by atoms with van der Waals surface area (Å²) >= 11 is 1.24. The quantitative estimate of drug-likeness (QED) is 0.661. The number of amides is 1. The molecule has 8 heteroatoms. The lowest BCUT2D eigenvalue weighted by atomic mass is 10.1. The molecule has 146 valence electrons. The largest absolute Gasteiger partial charge is 0.325 e. The summed E-state index contributed by atoms with van der Waals surface area (Å²) in [6.07, 6.45) is 0. The SMILES string of the molecule is O=C(C[NH+]1CCN(S(=O)(=O)c2cccs2)CC1)Nc1cccc2ccccc12. The van der Waals surface area contributed by atoms with Crippen LogP contribution < -0.4 is 10.2 Å². The Morgan fingerprint density at radius 2 is 1.79 bits per heavy atom. The van der Waals surface area contributed by atoms with Crippen LogP contribution in [0.1, 0.15) is 0 Å². The first kappa shape index (κ1) is 19.1. The van der Waals surface area contributed by atoms with Crippen molar-refractivity contribution in [1.29, 1.82) is 0 Å². The van der Waals surface area contributed by atoms with Gasteiger partial charge in [0.15, 0.2) is 6.54 Å². The van der Waals surface area contributed by atoms with Crippen molar-refractivity contribution in [2.24, 2.45) is 0 Å². The first-order valence-electron chi connectivity index (χ1n) is 9.19. The summed E-state index contributed by atoms with van der Waals surface area (Å²) in [5, 5.41) is 6.87. The standard InChI is InChI=1S/C20H21N3O3S2/c24-19(21-18-8-3-6-16-5-1-2-7-17(16)18)15-22-10-12-23(13-11-22)28(25,26)20-9-4-14-27-20/h1-9,14H,10-13,15H2,(H,21,24)/p+1. The summed E-state index contributed by atoms with van der Waals surface area (Å²) in [7, 11) is -3.41. The molecule has 0 bridgehead atoms. The molecular formula is C20H22N3O3S2+. The second kappa shape index (κ2) is 8.00. The third-order valence-electron chi connectivity index (χ3n) is 4.99. The number of fused-ring (bicyclic) bond motifs is 1. The maximum absolute atomic E-state index is 12.6. The van der Waals surface area contributed by atoms with Crippen molar-refractivity contribution in [3.8, 4) is 0 Å². The van der Waals surface area contributed by atoms with Crippen molar-refractivity contribution in [1.82, 2.24) is 4.31 Å². The van der Waals surface area contributed by atoms with Crippen molar-refractivity contribution >= 4 is 43.7 Å². The highest BCUT2D eigenvalue weighted by Crippen LogP contribution is 2.23. The van der Waals surface area contributed by atoms with Gasteiger partial charge in [0, 0.05) is 11.1 Å². The van der Waals surface area contributed by atoms with Crippen molar-refractivity contribution in [3.05, 3.63) is 60.0 Å². The van der Waals surface area contributed by atoms with Crippen LogP contribution in [0.15, 0.2) is 64.2 Å². The van der Waals surface area contributed by atoms with Crippen LogP contribution in [0.5, 0.6) is 0 Å². The van der Waals surface area contributed by atoms with Crippen LogP contribution in [0.3, 0.4) is 0 Å². The highest BCUT2D eigenvalue weighted by molar-refractivity contribution is 7.91. The van der Waals surface area contributed by atoms with E-state index in [1.54, 1.807) is 17.5 Å². The van der Waals surface area contributed by atoms with Crippen LogP contribution in [0, 0.1) is 0 Å². The van der Waals surface area contributed by atoms with E-state index in [9.17, 15) is 13.2 Å². The Hall–Kier alpha value is -2.26. The first-order valence-corrected chi connectivity index (χ1v) is 11.5. The lowest BCUT2D eigenvalue weighted by Gasteiger charge is -2.30. The van der Waals surface area contributed by atoms with Crippen LogP contribution in [-0.2, 0) is 14.8 Å². The minimum atomic E-state index is -3.41. The molecule has 0 atom stereocenters. The topological polar surface area (TPSA) is 70.9 Å². The van der Waals surface area contributed by atoms with Gasteiger partial charge in [0.1, 0.15) is 4.21 Å². The summed E-state index contributed by atoms with van der Waals surface area (Å²) in [5.74, 6) is -0.0547. The zero-order chi connectivity index (χ0) is 19.6. The molecule has 28 heavy (non-hydrogen) atoms. The molecule has 2 N–H and O–H groups in total. The van der Waals surface area contributed by atoms with Gasteiger partial charge < -0.3 is 10.2 Å². The van der Waals surface area contributed by atoms with E-state index in [2.05, 4.69) is 5.32 Å². The van der Waals surface area contributed by atoms with Crippen molar-refractivity contribution < 1.29 is 18.1 Å². The normalized spacial score (nSPS) is 16.3. The maximum Gasteiger partial charge on any atom is 0.279 e. The monoisotopic (exact) mass is 416 g/mol. The average molecular weight is 417 g/mol. The fraction of sp³-hybridized carbons (Fsp3) is 0.250. The lowest BCUT2D eigenvalue weighted by Crippen LogP contribution is -3.15. The molecule has 0 radical (unpaired) electrons. The molecule has 1 amide bonds. The molecule has 0 aliphatic carbocycles. The molecule has 1 saturated heterocycles. The summed E-state index contributed by atoms with van der Waals surface area (Å²) in [6.45, 7) is 2.42. The molecule has 0 saturated carbocycles. The molecular weight excluding hydrogens is 394 g/mol. The lowest BCUT2D eigenvalue weighted by molar-refractivity contribution is -0.895. The minimum absolute atomic E-state index is 0.0547. The molecule has 4 rings (SSSR count). The number of benzene rings is 2. The number of rotatable bonds is 5. The van der Waals surface area contributed by atoms with Gasteiger partial charge in [-0.1, -0.05) is 42.5 Å². The van der Waals surface area contributed by atoms with E-state index in [4.69, 9.17) is 0 Å². The Kier molecular flexibility index (Phi) is 5.45. The number of nitrogens with zero attached hydrogens (tertiary/aromatic N) is 1. The van der Waals surface area contributed by atoms with Crippen LogP contribution >= 0.6 is 11.3 Å². The van der Waals surface area contributed by atoms with Gasteiger partial charge in [0.05, 0.1) is 26.2 Å². The van der Waals surface area contributed by atoms with Crippen LogP contribution in [0.25, 0.3) is 10.8 Å². The molecule has 0 spiro atoms. The Labute approximate surface area is 168 Å². The minimum Gasteiger partial charge on any atom is -0.325 e. The summed E-state index contributed by atoms with van der Waals surface area (Å²) in [4.78, 5) is 13.6. The molecule has 2 heterocycles. The number of hydrogen-bond acceptors (Lipinski definition) is 4. The number of piperazine rings is 1. The molecule has 1 fully saturated rings. The molecule has 2 aromatic carbocycles. The average Bonchev–Trinajstić information content (AvgIpc) is 3.24. The van der Waals surface area contributed by atoms with Gasteiger partial charge in [0.25, 0.3) is 15.9 Å². The Bertz CT molecular complexity index is 1070. The number of anilines is 1. The van der Waals surface area contributed by atoms with Gasteiger partial charge in [-0.3, -0.25) is 4.79 Å². The summed E-state index contributed by atoms with van der Waals surface area (Å²) in [6, 6.07) is 17.2. The van der Waals surface area contributed by atoms with E-state index >= 15 is 0 Å². The number of hydrogen-bond donors (Lipinski definition) is 2. The zero-order valence-electron chi connectivity index (χ0n) is 15.3. The highest BCUT2D eigenvalue weighted by atomic mass is 32.2. The van der Waals surface area contributed by atoms with Crippen LogP contribution in [-0.4, -0.2) is 51.4 Å². The molecule has 6 nitrogen and oxygen atoms in total. The van der Waals surface area contributed by atoms with Gasteiger partial charge in [0.2, 0.25) is 0 Å². The predicted octanol–water partition coefficient (Wildman–Crippen LogP) is 1.43. The van der Waals surface area contributed by atoms with E-state index in [-0.39, 0.29) is 5.91 Å². The van der Waals surface area contributed by atoms with E-state index in [0.29, 0.717) is 36.9 Å². The summed E-state index contributed by atoms with van der Waals surface area (Å²) in [5.41, 5.74) is 0.807. The fourth-order valence-electron chi connectivity index (χ4n) is 3.51. The van der Waals surface area contributed by atoms with Crippen molar-refractivity contribution in [3.63, 3.8) is 0 Å². The van der Waals surface area contributed by atoms with Crippen molar-refractivity contribution in [2.75, 3.05) is 38.0 Å². The van der Waals surface area contributed by atoms with E-state index < -0.39 is 10.0 Å². The van der Waals surface area contributed by atoms with Gasteiger partial charge in [-0.05, 0) is 22.9 Å². The molecule has 3 aromatic rings. The number of nitrogens with one attached hydrogen (secondary N) is 2. The third kappa shape index (κ3) is 3.95. The van der Waals surface area contributed by atoms with E-state index in [1.165, 1.54) is 15.6 Å². The number of carbonyl (C=O) groups excluding carboxylic acids is 1. The Morgan fingerprint density at radius 3 is 2.54 bits per heavy atom.